The van der Waals surface area contributed by atoms with Crippen molar-refractivity contribution in [2.45, 2.75) is 35.6 Å². The van der Waals surface area contributed by atoms with Gasteiger partial charge in [0.05, 0.1) is 4.88 Å². The summed E-state index contributed by atoms with van der Waals surface area (Å²) in [7, 11) is -3.74. The molecule has 5 nitrogen and oxygen atoms in total. The van der Waals surface area contributed by atoms with Crippen molar-refractivity contribution < 1.29 is 13.5 Å². The third-order valence-corrected chi connectivity index (χ3v) is 5.14. The molecule has 0 aromatic carbocycles. The molecule has 1 heterocycles. The summed E-state index contributed by atoms with van der Waals surface area (Å²) < 4.78 is 21.9. The molecule has 1 aromatic rings. The maximum atomic E-state index is 11.0. The van der Waals surface area contributed by atoms with Crippen molar-refractivity contribution >= 4 is 21.4 Å². The Kier molecular flexibility index (Phi) is 2.58. The second-order valence-corrected chi connectivity index (χ2v) is 6.54. The van der Waals surface area contributed by atoms with Crippen LogP contribution in [0.1, 0.15) is 30.6 Å². The summed E-state index contributed by atoms with van der Waals surface area (Å²) in [5.74, 6) is 0. The summed E-state index contributed by atoms with van der Waals surface area (Å²) in [6.45, 7) is 0. The number of rotatable bonds is 2. The van der Waals surface area contributed by atoms with Gasteiger partial charge in [0.15, 0.2) is 0 Å². The van der Waals surface area contributed by atoms with Crippen LogP contribution in [0.15, 0.2) is 10.5 Å². The highest BCUT2D eigenvalue weighted by Gasteiger charge is 2.35. The van der Waals surface area contributed by atoms with Crippen LogP contribution in [0.3, 0.4) is 0 Å². The zero-order chi connectivity index (χ0) is 11.1. The van der Waals surface area contributed by atoms with Crippen LogP contribution in [0.25, 0.3) is 0 Å². The van der Waals surface area contributed by atoms with E-state index in [9.17, 15) is 13.5 Å². The molecule has 1 fully saturated rings. The van der Waals surface area contributed by atoms with Crippen molar-refractivity contribution in [1.29, 1.82) is 0 Å². The number of sulfonamides is 1. The molecule has 7 heteroatoms. The number of aliphatic hydroxyl groups is 1. The summed E-state index contributed by atoms with van der Waals surface area (Å²) in [6, 6.07) is 0. The fraction of sp³-hybridized carbons (Fsp3) is 0.625. The number of primary sulfonamides is 1. The average molecular weight is 248 g/mol. The minimum atomic E-state index is -3.74. The fourth-order valence-corrected chi connectivity index (χ4v) is 3.54. The molecule has 0 unspecified atom stereocenters. The van der Waals surface area contributed by atoms with E-state index in [-0.39, 0.29) is 4.34 Å². The minimum Gasteiger partial charge on any atom is -0.384 e. The zero-order valence-electron chi connectivity index (χ0n) is 8.01. The summed E-state index contributed by atoms with van der Waals surface area (Å²) in [4.78, 5) is 4.32. The van der Waals surface area contributed by atoms with Gasteiger partial charge in [0, 0.05) is 6.20 Å². The van der Waals surface area contributed by atoms with Crippen LogP contribution in [-0.2, 0) is 15.6 Å². The van der Waals surface area contributed by atoms with Crippen LogP contribution in [0.2, 0.25) is 0 Å². The van der Waals surface area contributed by atoms with Gasteiger partial charge in [0.25, 0.3) is 10.0 Å². The SMILES string of the molecule is NS(=O)(=O)c1ncc(C2(O)CCCC2)s1. The third-order valence-electron chi connectivity index (χ3n) is 2.62. The van der Waals surface area contributed by atoms with E-state index in [1.54, 1.807) is 0 Å². The van der Waals surface area contributed by atoms with Gasteiger partial charge in [-0.25, -0.2) is 18.5 Å². The van der Waals surface area contributed by atoms with Gasteiger partial charge >= 0.3 is 0 Å². The van der Waals surface area contributed by atoms with E-state index in [1.807, 2.05) is 0 Å². The van der Waals surface area contributed by atoms with E-state index < -0.39 is 15.6 Å². The highest BCUT2D eigenvalue weighted by atomic mass is 32.2. The van der Waals surface area contributed by atoms with E-state index in [1.165, 1.54) is 6.20 Å². The first kappa shape index (κ1) is 11.0. The normalized spacial score (nSPS) is 20.7. The van der Waals surface area contributed by atoms with Crippen LogP contribution in [0.4, 0.5) is 0 Å². The monoisotopic (exact) mass is 248 g/mol. The topological polar surface area (TPSA) is 93.3 Å². The van der Waals surface area contributed by atoms with Gasteiger partial charge in [0.1, 0.15) is 5.60 Å². The molecule has 0 bridgehead atoms. The largest absolute Gasteiger partial charge is 0.384 e. The molecule has 0 saturated heterocycles. The smallest absolute Gasteiger partial charge is 0.265 e. The summed E-state index contributed by atoms with van der Waals surface area (Å²) in [5, 5.41) is 15.1. The van der Waals surface area contributed by atoms with Crippen molar-refractivity contribution in [1.82, 2.24) is 4.98 Å². The van der Waals surface area contributed by atoms with Gasteiger partial charge in [-0.3, -0.25) is 0 Å². The molecule has 3 N–H and O–H groups in total. The van der Waals surface area contributed by atoms with E-state index in [0.29, 0.717) is 17.7 Å². The third kappa shape index (κ3) is 2.05. The lowest BCUT2D eigenvalue weighted by Gasteiger charge is -2.18. The second-order valence-electron chi connectivity index (χ2n) is 3.77. The van der Waals surface area contributed by atoms with E-state index in [0.717, 1.165) is 24.2 Å². The number of hydrogen-bond acceptors (Lipinski definition) is 5. The Bertz CT molecular complexity index is 460. The van der Waals surface area contributed by atoms with Crippen molar-refractivity contribution in [3.63, 3.8) is 0 Å². The molecule has 0 atom stereocenters. The summed E-state index contributed by atoms with van der Waals surface area (Å²) >= 11 is 0.962. The Morgan fingerprint density at radius 3 is 2.53 bits per heavy atom. The summed E-state index contributed by atoms with van der Waals surface area (Å²) in [6.07, 6.45) is 4.66. The maximum absolute atomic E-state index is 11.0. The van der Waals surface area contributed by atoms with Gasteiger partial charge in [0.2, 0.25) is 4.34 Å². The van der Waals surface area contributed by atoms with Crippen molar-refractivity contribution in [3.05, 3.63) is 11.1 Å². The number of aromatic nitrogens is 1. The molecule has 0 amide bonds. The molecule has 0 aliphatic heterocycles. The van der Waals surface area contributed by atoms with Gasteiger partial charge in [-0.15, -0.1) is 11.3 Å². The quantitative estimate of drug-likeness (QED) is 0.799. The lowest BCUT2D eigenvalue weighted by molar-refractivity contribution is 0.0481. The minimum absolute atomic E-state index is 0.127. The van der Waals surface area contributed by atoms with Crippen LogP contribution in [0, 0.1) is 0 Å². The molecule has 0 radical (unpaired) electrons. The number of nitrogens with two attached hydrogens (primary N) is 1. The molecule has 2 rings (SSSR count). The number of nitrogens with zero attached hydrogens (tertiary/aromatic N) is 1. The van der Waals surface area contributed by atoms with E-state index >= 15 is 0 Å². The van der Waals surface area contributed by atoms with E-state index in [2.05, 4.69) is 4.98 Å². The van der Waals surface area contributed by atoms with E-state index in [4.69, 9.17) is 5.14 Å². The average Bonchev–Trinajstić information content (AvgIpc) is 2.69. The van der Waals surface area contributed by atoms with Gasteiger partial charge < -0.3 is 5.11 Å². The van der Waals surface area contributed by atoms with Crippen molar-refractivity contribution in [2.24, 2.45) is 5.14 Å². The molecule has 15 heavy (non-hydrogen) atoms. The van der Waals surface area contributed by atoms with Crippen LogP contribution in [0.5, 0.6) is 0 Å². The Morgan fingerprint density at radius 2 is 2.07 bits per heavy atom. The highest BCUT2D eigenvalue weighted by Crippen LogP contribution is 2.41. The molecule has 1 aliphatic rings. The Balaban J connectivity index is 2.35. The summed E-state index contributed by atoms with van der Waals surface area (Å²) in [5.41, 5.74) is -0.888. The van der Waals surface area contributed by atoms with Crippen LogP contribution >= 0.6 is 11.3 Å². The van der Waals surface area contributed by atoms with Gasteiger partial charge in [-0.05, 0) is 12.8 Å². The first-order valence-corrected chi connectivity index (χ1v) is 7.00. The second kappa shape index (κ2) is 3.51. The lowest BCUT2D eigenvalue weighted by atomic mass is 10.0. The standard InChI is InChI=1S/C8H12N2O3S2/c9-15(12,13)7-10-5-6(14-7)8(11)3-1-2-4-8/h5,11H,1-4H2,(H2,9,12,13). The van der Waals surface area contributed by atoms with Crippen LogP contribution < -0.4 is 5.14 Å². The first-order chi connectivity index (χ1) is 6.92. The number of hydrogen-bond donors (Lipinski definition) is 2. The van der Waals surface area contributed by atoms with Crippen LogP contribution in [-0.4, -0.2) is 18.5 Å². The van der Waals surface area contributed by atoms with Crippen molar-refractivity contribution in [3.8, 4) is 0 Å². The molecule has 0 spiro atoms. The van der Waals surface area contributed by atoms with Crippen molar-refractivity contribution in [2.75, 3.05) is 0 Å². The molecular formula is C8H12N2O3S2. The molecule has 84 valence electrons. The molecular weight excluding hydrogens is 236 g/mol. The number of thiazole rings is 1. The maximum Gasteiger partial charge on any atom is 0.265 e. The highest BCUT2D eigenvalue weighted by molar-refractivity contribution is 7.91. The fourth-order valence-electron chi connectivity index (χ4n) is 1.81. The zero-order valence-corrected chi connectivity index (χ0v) is 9.64. The van der Waals surface area contributed by atoms with Gasteiger partial charge in [-0.2, -0.15) is 0 Å². The Hall–Kier alpha value is -0.500. The predicted molar refractivity (Wildman–Crippen MR) is 55.9 cm³/mol. The Labute approximate surface area is 92.0 Å². The molecule has 1 saturated carbocycles. The first-order valence-electron chi connectivity index (χ1n) is 4.63. The lowest BCUT2D eigenvalue weighted by Crippen LogP contribution is -2.19. The Morgan fingerprint density at radius 1 is 1.47 bits per heavy atom. The molecule has 1 aromatic heterocycles. The predicted octanol–water partition coefficient (Wildman–Crippen LogP) is 0.552. The van der Waals surface area contributed by atoms with Gasteiger partial charge in [-0.1, -0.05) is 12.8 Å². The molecule has 1 aliphatic carbocycles.